The third-order valence-corrected chi connectivity index (χ3v) is 4.30. The molecule has 8 nitrogen and oxygen atoms in total. The Bertz CT molecular complexity index is 855. The molecule has 0 spiro atoms. The van der Waals surface area contributed by atoms with Gasteiger partial charge in [0.05, 0.1) is 12.7 Å². The first-order chi connectivity index (χ1) is 12.6. The Hall–Kier alpha value is -3.34. The van der Waals surface area contributed by atoms with Gasteiger partial charge in [0.1, 0.15) is 17.3 Å². The number of nitriles is 1. The summed E-state index contributed by atoms with van der Waals surface area (Å²) in [5, 5.41) is 11.8. The van der Waals surface area contributed by atoms with E-state index in [1.165, 1.54) is 19.4 Å². The van der Waals surface area contributed by atoms with E-state index in [0.717, 1.165) is 12.8 Å². The van der Waals surface area contributed by atoms with Crippen LogP contribution in [0.25, 0.3) is 0 Å². The molecule has 8 heteroatoms. The first-order valence-corrected chi connectivity index (χ1v) is 8.30. The number of aromatic nitrogens is 2. The largest absolute Gasteiger partial charge is 0.480 e. The Labute approximate surface area is 150 Å². The van der Waals surface area contributed by atoms with E-state index in [4.69, 9.17) is 10.00 Å². The lowest BCUT2D eigenvalue weighted by Gasteiger charge is -2.33. The standard InChI is InChI=1S/C18H19N5O3/c1-26-17-14(5-2-6-20-17)16(24)22-13-4-3-7-23(11-13)18(25)15-8-12(9-19)10-21-15/h2,5-6,8,10,13,21H,3-4,7,11H2,1H3,(H,22,24)/t13-/m0/s1. The maximum absolute atomic E-state index is 12.6. The highest BCUT2D eigenvalue weighted by Gasteiger charge is 2.27. The van der Waals surface area contributed by atoms with Gasteiger partial charge in [-0.25, -0.2) is 4.98 Å². The van der Waals surface area contributed by atoms with Crippen LogP contribution in [0.1, 0.15) is 39.3 Å². The first kappa shape index (κ1) is 17.5. The van der Waals surface area contributed by atoms with Gasteiger partial charge in [-0.1, -0.05) is 0 Å². The molecule has 1 aliphatic heterocycles. The average Bonchev–Trinajstić information content (AvgIpc) is 3.16. The van der Waals surface area contributed by atoms with Gasteiger partial charge < -0.3 is 19.9 Å². The van der Waals surface area contributed by atoms with Crippen LogP contribution in [0.3, 0.4) is 0 Å². The van der Waals surface area contributed by atoms with Crippen molar-refractivity contribution < 1.29 is 14.3 Å². The summed E-state index contributed by atoms with van der Waals surface area (Å²) in [6.07, 6.45) is 4.63. The van der Waals surface area contributed by atoms with Crippen LogP contribution in [0.4, 0.5) is 0 Å². The van der Waals surface area contributed by atoms with Gasteiger partial charge in [-0.2, -0.15) is 5.26 Å². The molecule has 26 heavy (non-hydrogen) atoms. The van der Waals surface area contributed by atoms with Crippen molar-refractivity contribution in [2.75, 3.05) is 20.2 Å². The van der Waals surface area contributed by atoms with E-state index >= 15 is 0 Å². The van der Waals surface area contributed by atoms with E-state index in [-0.39, 0.29) is 23.7 Å². The second-order valence-electron chi connectivity index (χ2n) is 6.04. The summed E-state index contributed by atoms with van der Waals surface area (Å²) >= 11 is 0. The number of hydrogen-bond donors (Lipinski definition) is 2. The van der Waals surface area contributed by atoms with Crippen molar-refractivity contribution >= 4 is 11.8 Å². The van der Waals surface area contributed by atoms with Crippen LogP contribution in [-0.4, -0.2) is 52.9 Å². The van der Waals surface area contributed by atoms with Crippen LogP contribution in [0.2, 0.25) is 0 Å². The van der Waals surface area contributed by atoms with E-state index in [0.29, 0.717) is 29.9 Å². The Balaban J connectivity index is 1.66. The molecule has 2 aromatic rings. The molecule has 0 aliphatic carbocycles. The van der Waals surface area contributed by atoms with E-state index < -0.39 is 0 Å². The second-order valence-corrected chi connectivity index (χ2v) is 6.04. The molecular formula is C18H19N5O3. The smallest absolute Gasteiger partial charge is 0.270 e. The average molecular weight is 353 g/mol. The minimum absolute atomic E-state index is 0.157. The van der Waals surface area contributed by atoms with Crippen LogP contribution < -0.4 is 10.1 Å². The zero-order chi connectivity index (χ0) is 18.5. The molecule has 3 rings (SSSR count). The fraction of sp³-hybridized carbons (Fsp3) is 0.333. The van der Waals surface area contributed by atoms with Crippen molar-refractivity contribution in [2.45, 2.75) is 18.9 Å². The quantitative estimate of drug-likeness (QED) is 0.861. The Morgan fingerprint density at radius 3 is 3.08 bits per heavy atom. The molecule has 3 heterocycles. The number of hydrogen-bond acceptors (Lipinski definition) is 5. The molecule has 2 N–H and O–H groups in total. The number of pyridine rings is 1. The molecule has 134 valence electrons. The van der Waals surface area contributed by atoms with Gasteiger partial charge in [0.2, 0.25) is 5.88 Å². The number of ether oxygens (including phenoxy) is 1. The summed E-state index contributed by atoms with van der Waals surface area (Å²) in [5.74, 6) is -0.186. The molecule has 1 atom stereocenters. The molecule has 2 aromatic heterocycles. The Morgan fingerprint density at radius 2 is 2.35 bits per heavy atom. The van der Waals surface area contributed by atoms with Gasteiger partial charge in [0.25, 0.3) is 11.8 Å². The maximum Gasteiger partial charge on any atom is 0.270 e. The highest BCUT2D eigenvalue weighted by atomic mass is 16.5. The number of carbonyl (C=O) groups excluding carboxylic acids is 2. The first-order valence-electron chi connectivity index (χ1n) is 8.30. The third-order valence-electron chi connectivity index (χ3n) is 4.30. The number of H-pyrrole nitrogens is 1. The zero-order valence-corrected chi connectivity index (χ0v) is 14.4. The van der Waals surface area contributed by atoms with Crippen LogP contribution in [-0.2, 0) is 0 Å². The molecule has 2 amide bonds. The highest BCUT2D eigenvalue weighted by molar-refractivity contribution is 5.96. The molecule has 0 aromatic carbocycles. The number of likely N-dealkylation sites (tertiary alicyclic amines) is 1. The van der Waals surface area contributed by atoms with Crippen molar-refractivity contribution in [3.05, 3.63) is 47.4 Å². The summed E-state index contributed by atoms with van der Waals surface area (Å²) in [5.41, 5.74) is 1.16. The number of rotatable bonds is 4. The Morgan fingerprint density at radius 1 is 1.50 bits per heavy atom. The van der Waals surface area contributed by atoms with Crippen LogP contribution in [0, 0.1) is 11.3 Å². The summed E-state index contributed by atoms with van der Waals surface area (Å²) < 4.78 is 5.12. The van der Waals surface area contributed by atoms with Crippen molar-refractivity contribution in [3.63, 3.8) is 0 Å². The fourth-order valence-electron chi connectivity index (χ4n) is 3.02. The number of amides is 2. The van der Waals surface area contributed by atoms with Crippen LogP contribution in [0.5, 0.6) is 5.88 Å². The third kappa shape index (κ3) is 3.67. The van der Waals surface area contributed by atoms with Crippen molar-refractivity contribution in [2.24, 2.45) is 0 Å². The molecule has 0 unspecified atom stereocenters. The van der Waals surface area contributed by atoms with Crippen LogP contribution >= 0.6 is 0 Å². The molecular weight excluding hydrogens is 334 g/mol. The summed E-state index contributed by atoms with van der Waals surface area (Å²) in [6, 6.07) is 6.69. The molecule has 0 radical (unpaired) electrons. The number of nitrogens with zero attached hydrogens (tertiary/aromatic N) is 3. The maximum atomic E-state index is 12.6. The van der Waals surface area contributed by atoms with Gasteiger partial charge >= 0.3 is 0 Å². The van der Waals surface area contributed by atoms with Crippen LogP contribution in [0.15, 0.2) is 30.6 Å². The van der Waals surface area contributed by atoms with E-state index in [9.17, 15) is 9.59 Å². The predicted molar refractivity (Wildman–Crippen MR) is 92.7 cm³/mol. The topological polar surface area (TPSA) is 111 Å². The number of aromatic amines is 1. The minimum Gasteiger partial charge on any atom is -0.480 e. The minimum atomic E-state index is -0.277. The lowest BCUT2D eigenvalue weighted by atomic mass is 10.0. The normalized spacial score (nSPS) is 16.6. The zero-order valence-electron chi connectivity index (χ0n) is 14.4. The Kier molecular flexibility index (Phi) is 5.17. The summed E-state index contributed by atoms with van der Waals surface area (Å²) in [7, 11) is 1.46. The van der Waals surface area contributed by atoms with Gasteiger partial charge in [0.15, 0.2) is 0 Å². The lowest BCUT2D eigenvalue weighted by Crippen LogP contribution is -2.49. The number of nitrogens with one attached hydrogen (secondary N) is 2. The van der Waals surface area contributed by atoms with Crippen molar-refractivity contribution in [1.82, 2.24) is 20.2 Å². The molecule has 0 bridgehead atoms. The van der Waals surface area contributed by atoms with Gasteiger partial charge in [-0.15, -0.1) is 0 Å². The number of piperidine rings is 1. The lowest BCUT2D eigenvalue weighted by molar-refractivity contribution is 0.0670. The summed E-state index contributed by atoms with van der Waals surface area (Å²) in [6.45, 7) is 1.02. The molecule has 1 saturated heterocycles. The van der Waals surface area contributed by atoms with Crippen molar-refractivity contribution in [1.29, 1.82) is 5.26 Å². The van der Waals surface area contributed by atoms with Gasteiger partial charge in [-0.05, 0) is 31.0 Å². The van der Waals surface area contributed by atoms with E-state index in [1.54, 1.807) is 23.2 Å². The van der Waals surface area contributed by atoms with Crippen molar-refractivity contribution in [3.8, 4) is 11.9 Å². The fourth-order valence-corrected chi connectivity index (χ4v) is 3.02. The molecule has 1 aliphatic rings. The molecule has 1 fully saturated rings. The van der Waals surface area contributed by atoms with Gasteiger partial charge in [-0.3, -0.25) is 9.59 Å². The van der Waals surface area contributed by atoms with E-state index in [1.807, 2.05) is 6.07 Å². The number of methoxy groups -OCH3 is 1. The second kappa shape index (κ2) is 7.70. The number of carbonyl (C=O) groups is 2. The van der Waals surface area contributed by atoms with Gasteiger partial charge in [0, 0.05) is 31.5 Å². The predicted octanol–water partition coefficient (Wildman–Crippen LogP) is 1.32. The highest BCUT2D eigenvalue weighted by Crippen LogP contribution is 2.17. The SMILES string of the molecule is COc1ncccc1C(=O)N[C@H]1CCCN(C(=O)c2cc(C#N)c[nH]2)C1. The van der Waals surface area contributed by atoms with E-state index in [2.05, 4.69) is 15.3 Å². The molecule has 0 saturated carbocycles. The monoisotopic (exact) mass is 353 g/mol. The summed E-state index contributed by atoms with van der Waals surface area (Å²) in [4.78, 5) is 33.6.